The number of H-pyrrole nitrogens is 1. The number of sulfonamides is 2. The molecule has 0 saturated heterocycles. The molecule has 0 bridgehead atoms. The SMILES string of the molecule is CCN[C@H]1CN(CCCOC)S(=O)(=O)c2sc(S(=O)(=O)NC(=O)[C@H](C)OC(=O)CCC(=O)Oc3ccc4c(c3)/C(=C\c3[nH]c(C)c(C(=O)NCCN(CC)CC)c3C)C(=O)C4)cc21. The third-order valence-electron chi connectivity index (χ3n) is 10.8. The summed E-state index contributed by atoms with van der Waals surface area (Å²) in [6, 6.07) is 5.49. The maximum Gasteiger partial charge on any atom is 0.311 e. The number of allylic oxidation sites excluding steroid dienone is 1. The molecular weight excluding hydrogens is 877 g/mol. The molecule has 2 aliphatic rings. The molecule has 0 saturated carbocycles. The molecule has 3 heterocycles. The Morgan fingerprint density at radius 2 is 1.79 bits per heavy atom. The molecule has 18 nitrogen and oxygen atoms in total. The number of thiophene rings is 1. The first-order valence-corrected chi connectivity index (χ1v) is 24.5. The highest BCUT2D eigenvalue weighted by Gasteiger charge is 2.40. The number of carbonyl (C=O) groups is 5. The zero-order valence-corrected chi connectivity index (χ0v) is 39.0. The Morgan fingerprint density at radius 3 is 2.48 bits per heavy atom. The molecule has 1 aliphatic heterocycles. The smallest absolute Gasteiger partial charge is 0.311 e. The van der Waals surface area contributed by atoms with Crippen molar-refractivity contribution in [2.45, 2.75) is 87.8 Å². The second-order valence-electron chi connectivity index (χ2n) is 15.1. The van der Waals surface area contributed by atoms with Crippen LogP contribution in [0.5, 0.6) is 5.75 Å². The van der Waals surface area contributed by atoms with E-state index in [1.165, 1.54) is 23.5 Å². The number of nitrogens with zero attached hydrogens (tertiary/aromatic N) is 2. The van der Waals surface area contributed by atoms with Crippen molar-refractivity contribution in [1.29, 1.82) is 0 Å². The third-order valence-corrected chi connectivity index (χ3v) is 16.2. The quantitative estimate of drug-likeness (QED) is 0.0520. The fraction of sp³-hybridized carbons (Fsp3) is 0.500. The van der Waals surface area contributed by atoms with Crippen LogP contribution in [0.15, 0.2) is 32.7 Å². The summed E-state index contributed by atoms with van der Waals surface area (Å²) >= 11 is 0.516. The van der Waals surface area contributed by atoms with Crippen LogP contribution in [0.4, 0.5) is 0 Å². The van der Waals surface area contributed by atoms with Gasteiger partial charge in [-0.3, -0.25) is 24.0 Å². The largest absolute Gasteiger partial charge is 0.452 e. The normalized spacial score (nSPS) is 17.0. The van der Waals surface area contributed by atoms with Gasteiger partial charge in [-0.1, -0.05) is 26.8 Å². The number of ketones is 1. The average molecular weight is 933 g/mol. The summed E-state index contributed by atoms with van der Waals surface area (Å²) in [5.74, 6) is -3.22. The predicted molar refractivity (Wildman–Crippen MR) is 235 cm³/mol. The van der Waals surface area contributed by atoms with Crippen molar-refractivity contribution in [2.24, 2.45) is 0 Å². The number of fused-ring (bicyclic) bond motifs is 2. The Kier molecular flexibility index (Phi) is 16.6. The Bertz CT molecular complexity index is 2470. The lowest BCUT2D eigenvalue weighted by Gasteiger charge is -2.32. The number of aromatic nitrogens is 1. The number of Topliss-reactive ketones (excluding diaryl/α,β-unsaturated/α-hetero) is 1. The fourth-order valence-corrected chi connectivity index (χ4v) is 12.3. The van der Waals surface area contributed by atoms with Crippen molar-refractivity contribution >= 4 is 72.6 Å². The number of aryl methyl sites for hydroxylation is 1. The number of hydrogen-bond acceptors (Lipinski definition) is 15. The molecule has 1 aliphatic carbocycles. The van der Waals surface area contributed by atoms with Gasteiger partial charge >= 0.3 is 11.9 Å². The first kappa shape index (κ1) is 49.2. The number of methoxy groups -OCH3 is 1. The summed E-state index contributed by atoms with van der Waals surface area (Å²) in [6.07, 6.45) is -0.294. The van der Waals surface area contributed by atoms with Crippen molar-refractivity contribution in [3.05, 3.63) is 63.5 Å². The predicted octanol–water partition coefficient (Wildman–Crippen LogP) is 3.24. The van der Waals surface area contributed by atoms with Gasteiger partial charge in [-0.05, 0) is 87.8 Å². The van der Waals surface area contributed by atoms with Crippen molar-refractivity contribution in [3.8, 4) is 5.75 Å². The molecule has 0 radical (unpaired) electrons. The minimum Gasteiger partial charge on any atom is -0.452 e. The van der Waals surface area contributed by atoms with E-state index in [0.29, 0.717) is 71.1 Å². The van der Waals surface area contributed by atoms with E-state index in [4.69, 9.17) is 14.2 Å². The van der Waals surface area contributed by atoms with E-state index >= 15 is 0 Å². The summed E-state index contributed by atoms with van der Waals surface area (Å²) in [6.45, 7) is 14.8. The minimum absolute atomic E-state index is 0.0821. The highest BCUT2D eigenvalue weighted by atomic mass is 32.3. The summed E-state index contributed by atoms with van der Waals surface area (Å²) in [7, 11) is -7.11. The number of nitrogens with one attached hydrogen (secondary N) is 4. The number of ether oxygens (including phenoxy) is 3. The van der Waals surface area contributed by atoms with Gasteiger partial charge in [0.25, 0.3) is 31.9 Å². The van der Waals surface area contributed by atoms with Gasteiger partial charge in [0.1, 0.15) is 14.2 Å². The fourth-order valence-electron chi connectivity index (χ4n) is 7.40. The van der Waals surface area contributed by atoms with E-state index in [2.05, 4.69) is 34.4 Å². The number of carbonyl (C=O) groups excluding carboxylic acids is 5. The molecule has 2 amide bonds. The van der Waals surface area contributed by atoms with E-state index in [9.17, 15) is 40.8 Å². The summed E-state index contributed by atoms with van der Waals surface area (Å²) < 4.78 is 71.7. The molecule has 0 fully saturated rings. The van der Waals surface area contributed by atoms with Crippen molar-refractivity contribution < 1.29 is 55.0 Å². The molecule has 344 valence electrons. The zero-order valence-electron chi connectivity index (χ0n) is 36.5. The van der Waals surface area contributed by atoms with Gasteiger partial charge in [-0.15, -0.1) is 11.3 Å². The monoisotopic (exact) mass is 932 g/mol. The molecule has 4 N–H and O–H groups in total. The van der Waals surface area contributed by atoms with Crippen LogP contribution in [0.2, 0.25) is 0 Å². The van der Waals surface area contributed by atoms with Gasteiger partial charge in [0, 0.05) is 74.9 Å². The molecule has 2 atom stereocenters. The molecule has 0 unspecified atom stereocenters. The number of hydrogen-bond donors (Lipinski definition) is 4. The average Bonchev–Trinajstić information content (AvgIpc) is 3.91. The summed E-state index contributed by atoms with van der Waals surface area (Å²) in [5.41, 5.74) is 4.36. The van der Waals surface area contributed by atoms with Crippen molar-refractivity contribution in [1.82, 2.24) is 29.5 Å². The van der Waals surface area contributed by atoms with Crippen LogP contribution < -0.4 is 20.1 Å². The van der Waals surface area contributed by atoms with Crippen molar-refractivity contribution in [2.75, 3.05) is 59.5 Å². The lowest BCUT2D eigenvalue weighted by molar-refractivity contribution is -0.155. The van der Waals surface area contributed by atoms with Crippen LogP contribution in [0.3, 0.4) is 0 Å². The molecule has 21 heteroatoms. The Labute approximate surface area is 372 Å². The van der Waals surface area contributed by atoms with Crippen LogP contribution >= 0.6 is 11.3 Å². The van der Waals surface area contributed by atoms with E-state index in [-0.39, 0.29) is 46.7 Å². The molecule has 63 heavy (non-hydrogen) atoms. The lowest BCUT2D eigenvalue weighted by Crippen LogP contribution is -2.43. The number of esters is 2. The number of benzene rings is 1. The van der Waals surface area contributed by atoms with Crippen molar-refractivity contribution in [3.63, 3.8) is 0 Å². The highest BCUT2D eigenvalue weighted by Crippen LogP contribution is 2.40. The first-order chi connectivity index (χ1) is 29.8. The van der Waals surface area contributed by atoms with Gasteiger partial charge in [-0.25, -0.2) is 21.6 Å². The molecule has 0 spiro atoms. The Morgan fingerprint density at radius 1 is 1.08 bits per heavy atom. The first-order valence-electron chi connectivity index (χ1n) is 20.8. The number of amides is 2. The van der Waals surface area contributed by atoms with Crippen LogP contribution in [0, 0.1) is 13.8 Å². The number of rotatable bonds is 21. The maximum absolute atomic E-state index is 13.4. The summed E-state index contributed by atoms with van der Waals surface area (Å²) in [4.78, 5) is 70.1. The highest BCUT2D eigenvalue weighted by molar-refractivity contribution is 7.94. The van der Waals surface area contributed by atoms with Gasteiger partial charge in [0.05, 0.1) is 18.4 Å². The van der Waals surface area contributed by atoms with E-state index < -0.39 is 67.1 Å². The second-order valence-corrected chi connectivity index (χ2v) is 20.2. The molecule has 2 aromatic heterocycles. The maximum atomic E-state index is 13.4. The Balaban J connectivity index is 1.17. The standard InChI is InChI=1S/C42H56N6O12S3/c1-8-43-34-24-48(17-11-19-58-7)63(56,57)42-32(34)23-38(61-42)62(54,55)46-40(52)27(6)59-36(50)14-15-37(51)60-29-13-12-28-20-35(49)31(30(28)21-29)22-33-25(4)39(26(5)45-33)41(53)44-16-18-47(9-2)10-3/h12-13,21-23,27,34,43,45H,8-11,14-20,24H2,1-7H3,(H,44,53)(H,46,52)/b31-22+/t27-,34-/m0/s1. The molecular formula is C42H56N6O12S3. The summed E-state index contributed by atoms with van der Waals surface area (Å²) in [5, 5.41) is 6.16. The van der Waals surface area contributed by atoms with Crippen LogP contribution in [-0.2, 0) is 55.1 Å². The van der Waals surface area contributed by atoms with Crippen LogP contribution in [-0.4, -0.2) is 126 Å². The molecule has 3 aromatic rings. The van der Waals surface area contributed by atoms with Gasteiger partial charge in [0.2, 0.25) is 0 Å². The number of aromatic amines is 1. The van der Waals surface area contributed by atoms with Gasteiger partial charge in [-0.2, -0.15) is 4.31 Å². The number of likely N-dealkylation sites (N-methyl/N-ethyl adjacent to an activating group) is 2. The van der Waals surface area contributed by atoms with E-state index in [0.717, 1.165) is 32.1 Å². The topological polar surface area (TPSA) is 240 Å². The van der Waals surface area contributed by atoms with Gasteiger partial charge in [0.15, 0.2) is 11.9 Å². The zero-order chi connectivity index (χ0) is 46.2. The third kappa shape index (κ3) is 11.7. The van der Waals surface area contributed by atoms with E-state index in [1.807, 2.05) is 11.6 Å². The lowest BCUT2D eigenvalue weighted by atomic mass is 10.0. The molecule has 5 rings (SSSR count). The van der Waals surface area contributed by atoms with E-state index in [1.54, 1.807) is 32.1 Å². The molecule has 1 aromatic carbocycles. The van der Waals surface area contributed by atoms with Gasteiger partial charge < -0.3 is 34.7 Å². The second kappa shape index (κ2) is 21.3. The Hall–Kier alpha value is -4.77. The van der Waals surface area contributed by atoms with Crippen LogP contribution in [0.1, 0.15) is 97.0 Å². The minimum atomic E-state index is -4.59. The van der Waals surface area contributed by atoms with Crippen LogP contribution in [0.25, 0.3) is 11.6 Å².